The van der Waals surface area contributed by atoms with Gasteiger partial charge >= 0.3 is 0 Å². The first-order chi connectivity index (χ1) is 9.15. The van der Waals surface area contributed by atoms with Crippen molar-refractivity contribution in [2.75, 3.05) is 0 Å². The Balaban J connectivity index is 1.89. The van der Waals surface area contributed by atoms with Crippen LogP contribution in [-0.4, -0.2) is 11.2 Å². The third kappa shape index (κ3) is 4.14. The summed E-state index contributed by atoms with van der Waals surface area (Å²) in [6.07, 6.45) is 0.880. The fourth-order valence-corrected chi connectivity index (χ4v) is 2.02. The summed E-state index contributed by atoms with van der Waals surface area (Å²) < 4.78 is 26.2. The summed E-state index contributed by atoms with van der Waals surface area (Å²) in [4.78, 5) is 0. The molecular weight excluding hydrogens is 246 g/mol. The van der Waals surface area contributed by atoms with E-state index >= 15 is 0 Å². The van der Waals surface area contributed by atoms with Gasteiger partial charge in [0.2, 0.25) is 0 Å². The van der Waals surface area contributed by atoms with E-state index < -0.39 is 17.7 Å². The van der Waals surface area contributed by atoms with Crippen LogP contribution in [0.3, 0.4) is 0 Å². The lowest BCUT2D eigenvalue weighted by Gasteiger charge is -2.11. The predicted molar refractivity (Wildman–Crippen MR) is 70.8 cm³/mol. The van der Waals surface area contributed by atoms with Gasteiger partial charge in [0.05, 0.1) is 6.10 Å². The normalized spacial score (nSPS) is 12.4. The lowest BCUT2D eigenvalue weighted by molar-refractivity contribution is 0.164. The number of benzene rings is 2. The third-order valence-corrected chi connectivity index (χ3v) is 3.08. The molecule has 1 atom stereocenters. The highest BCUT2D eigenvalue weighted by atomic mass is 19.1. The minimum absolute atomic E-state index is 0.207. The molecule has 3 heteroatoms. The van der Waals surface area contributed by atoms with Crippen LogP contribution in [0.15, 0.2) is 48.5 Å². The fraction of sp³-hybridized carbons (Fsp3) is 0.250. The monoisotopic (exact) mass is 262 g/mol. The number of hydrogen-bond donors (Lipinski definition) is 1. The van der Waals surface area contributed by atoms with Crippen LogP contribution < -0.4 is 0 Å². The van der Waals surface area contributed by atoms with E-state index in [9.17, 15) is 13.9 Å². The molecule has 0 saturated heterocycles. The second-order valence-corrected chi connectivity index (χ2v) is 4.62. The molecule has 0 amide bonds. The van der Waals surface area contributed by atoms with Gasteiger partial charge in [0, 0.05) is 12.5 Å². The zero-order chi connectivity index (χ0) is 13.7. The molecule has 0 fully saturated rings. The van der Waals surface area contributed by atoms with Crippen LogP contribution in [-0.2, 0) is 12.8 Å². The van der Waals surface area contributed by atoms with Crippen LogP contribution in [0, 0.1) is 11.6 Å². The molecule has 2 aromatic carbocycles. The molecule has 19 heavy (non-hydrogen) atoms. The van der Waals surface area contributed by atoms with Gasteiger partial charge in [-0.25, -0.2) is 8.78 Å². The minimum Gasteiger partial charge on any atom is -0.393 e. The van der Waals surface area contributed by atoms with Crippen molar-refractivity contribution >= 4 is 0 Å². The molecule has 2 rings (SSSR count). The summed E-state index contributed by atoms with van der Waals surface area (Å²) in [7, 11) is 0. The van der Waals surface area contributed by atoms with Crippen molar-refractivity contribution in [1.82, 2.24) is 0 Å². The molecule has 100 valence electrons. The summed E-state index contributed by atoms with van der Waals surface area (Å²) >= 11 is 0. The Labute approximate surface area is 111 Å². The average molecular weight is 262 g/mol. The second-order valence-electron chi connectivity index (χ2n) is 4.62. The van der Waals surface area contributed by atoms with E-state index in [2.05, 4.69) is 0 Å². The van der Waals surface area contributed by atoms with Gasteiger partial charge in [-0.2, -0.15) is 0 Å². The number of rotatable bonds is 5. The lowest BCUT2D eigenvalue weighted by atomic mass is 10.0. The molecule has 0 aromatic heterocycles. The Morgan fingerprint density at radius 2 is 1.74 bits per heavy atom. The quantitative estimate of drug-likeness (QED) is 0.874. The first-order valence-corrected chi connectivity index (χ1v) is 6.31. The first-order valence-electron chi connectivity index (χ1n) is 6.31. The second kappa shape index (κ2) is 6.43. The summed E-state index contributed by atoms with van der Waals surface area (Å²) in [5.41, 5.74) is 1.49. The number of aliphatic hydroxyl groups excluding tert-OH is 1. The number of halogens is 2. The molecule has 0 radical (unpaired) electrons. The Morgan fingerprint density at radius 1 is 1.00 bits per heavy atom. The van der Waals surface area contributed by atoms with Crippen molar-refractivity contribution in [2.45, 2.75) is 25.4 Å². The largest absolute Gasteiger partial charge is 0.393 e. The Morgan fingerprint density at radius 3 is 2.42 bits per heavy atom. The standard InChI is InChI=1S/C16H16F2O/c17-14-8-7-13(16(18)11-14)10-15(19)9-6-12-4-2-1-3-5-12/h1-5,7-8,11,15,19H,6,9-10H2. The minimum atomic E-state index is -0.625. The number of aryl methyl sites for hydroxylation is 1. The fourth-order valence-electron chi connectivity index (χ4n) is 2.02. The van der Waals surface area contributed by atoms with Gasteiger partial charge in [0.15, 0.2) is 0 Å². The Hall–Kier alpha value is -1.74. The molecule has 0 saturated carbocycles. The first kappa shape index (κ1) is 13.7. The topological polar surface area (TPSA) is 20.2 Å². The summed E-state index contributed by atoms with van der Waals surface area (Å²) in [5.74, 6) is -1.20. The van der Waals surface area contributed by atoms with Crippen LogP contribution >= 0.6 is 0 Å². The van der Waals surface area contributed by atoms with Gasteiger partial charge in [-0.15, -0.1) is 0 Å². The van der Waals surface area contributed by atoms with Gasteiger partial charge < -0.3 is 5.11 Å². The summed E-state index contributed by atoms with van der Waals surface area (Å²) in [6.45, 7) is 0. The van der Waals surface area contributed by atoms with Crippen LogP contribution in [0.2, 0.25) is 0 Å². The molecule has 0 aliphatic carbocycles. The lowest BCUT2D eigenvalue weighted by Crippen LogP contribution is -2.12. The van der Waals surface area contributed by atoms with E-state index in [4.69, 9.17) is 0 Å². The van der Waals surface area contributed by atoms with Crippen molar-refractivity contribution in [3.05, 3.63) is 71.3 Å². The molecule has 0 heterocycles. The van der Waals surface area contributed by atoms with Crippen LogP contribution in [0.1, 0.15) is 17.5 Å². The number of hydrogen-bond acceptors (Lipinski definition) is 1. The van der Waals surface area contributed by atoms with Gasteiger partial charge in [0.25, 0.3) is 0 Å². The van der Waals surface area contributed by atoms with Crippen LogP contribution in [0.25, 0.3) is 0 Å². The van der Waals surface area contributed by atoms with Crippen molar-refractivity contribution in [2.24, 2.45) is 0 Å². The Kier molecular flexibility index (Phi) is 4.63. The maximum Gasteiger partial charge on any atom is 0.129 e. The highest BCUT2D eigenvalue weighted by molar-refractivity contribution is 5.19. The zero-order valence-corrected chi connectivity index (χ0v) is 10.5. The van der Waals surface area contributed by atoms with Crippen molar-refractivity contribution in [1.29, 1.82) is 0 Å². The molecule has 0 bridgehead atoms. The molecule has 0 spiro atoms. The SMILES string of the molecule is OC(CCc1ccccc1)Cc1ccc(F)cc1F. The smallest absolute Gasteiger partial charge is 0.129 e. The average Bonchev–Trinajstić information content (AvgIpc) is 2.41. The van der Waals surface area contributed by atoms with E-state index in [0.29, 0.717) is 12.0 Å². The summed E-state index contributed by atoms with van der Waals surface area (Å²) in [5, 5.41) is 9.90. The van der Waals surface area contributed by atoms with E-state index in [-0.39, 0.29) is 6.42 Å². The van der Waals surface area contributed by atoms with E-state index in [1.165, 1.54) is 12.1 Å². The van der Waals surface area contributed by atoms with Gasteiger partial charge in [-0.05, 0) is 30.0 Å². The van der Waals surface area contributed by atoms with E-state index in [1.54, 1.807) is 0 Å². The predicted octanol–water partition coefficient (Wildman–Crippen LogP) is 3.50. The summed E-state index contributed by atoms with van der Waals surface area (Å²) in [6, 6.07) is 13.3. The van der Waals surface area contributed by atoms with Crippen molar-refractivity contribution in [3.63, 3.8) is 0 Å². The molecule has 2 aromatic rings. The van der Waals surface area contributed by atoms with Crippen molar-refractivity contribution in [3.8, 4) is 0 Å². The van der Waals surface area contributed by atoms with Crippen LogP contribution in [0.5, 0.6) is 0 Å². The molecular formula is C16H16F2O. The van der Waals surface area contributed by atoms with Gasteiger partial charge in [0.1, 0.15) is 11.6 Å². The highest BCUT2D eigenvalue weighted by Crippen LogP contribution is 2.14. The molecule has 0 aliphatic heterocycles. The third-order valence-electron chi connectivity index (χ3n) is 3.08. The van der Waals surface area contributed by atoms with Gasteiger partial charge in [-0.1, -0.05) is 36.4 Å². The van der Waals surface area contributed by atoms with Gasteiger partial charge in [-0.3, -0.25) is 0 Å². The van der Waals surface area contributed by atoms with E-state index in [0.717, 1.165) is 18.1 Å². The number of aliphatic hydroxyl groups is 1. The molecule has 1 N–H and O–H groups in total. The van der Waals surface area contributed by atoms with Crippen LogP contribution in [0.4, 0.5) is 8.78 Å². The maximum absolute atomic E-state index is 13.4. The highest BCUT2D eigenvalue weighted by Gasteiger charge is 2.10. The maximum atomic E-state index is 13.4. The molecule has 1 nitrogen and oxygen atoms in total. The van der Waals surface area contributed by atoms with E-state index in [1.807, 2.05) is 30.3 Å². The molecule has 1 unspecified atom stereocenters. The Bertz CT molecular complexity index is 526. The molecule has 0 aliphatic rings. The zero-order valence-electron chi connectivity index (χ0n) is 10.5. The van der Waals surface area contributed by atoms with Crippen molar-refractivity contribution < 1.29 is 13.9 Å².